The summed E-state index contributed by atoms with van der Waals surface area (Å²) < 4.78 is 52.8. The Balaban J connectivity index is 2.26. The van der Waals surface area contributed by atoms with Gasteiger partial charge in [-0.3, -0.25) is 0 Å². The second-order valence-electron chi connectivity index (χ2n) is 5.32. The Hall–Kier alpha value is -1.30. The van der Waals surface area contributed by atoms with E-state index in [1.807, 2.05) is 14.1 Å². The van der Waals surface area contributed by atoms with Crippen LogP contribution in [0.25, 0.3) is 0 Å². The van der Waals surface area contributed by atoms with Crippen LogP contribution in [0.2, 0.25) is 0 Å². The van der Waals surface area contributed by atoms with Crippen molar-refractivity contribution in [2.75, 3.05) is 32.1 Å². The van der Waals surface area contributed by atoms with Crippen LogP contribution in [0.4, 0.5) is 23.2 Å². The van der Waals surface area contributed by atoms with Crippen molar-refractivity contribution >= 4 is 5.69 Å². The van der Waals surface area contributed by atoms with E-state index in [9.17, 15) is 17.6 Å². The summed E-state index contributed by atoms with van der Waals surface area (Å²) in [5.41, 5.74) is -1.20. The number of piperidine rings is 1. The molecule has 1 aromatic carbocycles. The van der Waals surface area contributed by atoms with Gasteiger partial charge in [-0.05, 0) is 39.1 Å². The molecular formula is C14H18F4N2. The van der Waals surface area contributed by atoms with Gasteiger partial charge in [0.05, 0.1) is 11.3 Å². The molecule has 0 radical (unpaired) electrons. The maximum atomic E-state index is 13.9. The van der Waals surface area contributed by atoms with Crippen LogP contribution in [0.15, 0.2) is 18.2 Å². The number of benzene rings is 1. The Bertz CT molecular complexity index is 463. The molecule has 0 saturated carbocycles. The number of hydrogen-bond donors (Lipinski definition) is 0. The number of rotatable bonds is 2. The number of hydrogen-bond acceptors (Lipinski definition) is 2. The highest BCUT2D eigenvalue weighted by Crippen LogP contribution is 2.39. The summed E-state index contributed by atoms with van der Waals surface area (Å²) in [6, 6.07) is 3.47. The summed E-state index contributed by atoms with van der Waals surface area (Å²) in [5, 5.41) is 0. The van der Waals surface area contributed by atoms with Gasteiger partial charge in [-0.25, -0.2) is 4.39 Å². The van der Waals surface area contributed by atoms with Crippen LogP contribution in [-0.2, 0) is 6.18 Å². The van der Waals surface area contributed by atoms with Crippen LogP contribution in [0.5, 0.6) is 0 Å². The van der Waals surface area contributed by atoms with Crippen LogP contribution in [0.1, 0.15) is 18.4 Å². The third kappa shape index (κ3) is 3.06. The zero-order chi connectivity index (χ0) is 14.9. The number of para-hydroxylation sites is 1. The highest BCUT2D eigenvalue weighted by molar-refractivity contribution is 5.56. The SMILES string of the molecule is CN(C)C1CCN(c2c(F)cccc2C(F)(F)F)CC1. The van der Waals surface area contributed by atoms with E-state index in [-0.39, 0.29) is 5.69 Å². The first kappa shape index (κ1) is 15.1. The van der Waals surface area contributed by atoms with Gasteiger partial charge < -0.3 is 9.80 Å². The van der Waals surface area contributed by atoms with Gasteiger partial charge in [-0.1, -0.05) is 6.07 Å². The summed E-state index contributed by atoms with van der Waals surface area (Å²) in [5.74, 6) is -0.803. The maximum absolute atomic E-state index is 13.9. The third-order valence-corrected chi connectivity index (χ3v) is 3.80. The highest BCUT2D eigenvalue weighted by Gasteiger charge is 2.37. The smallest absolute Gasteiger partial charge is 0.369 e. The summed E-state index contributed by atoms with van der Waals surface area (Å²) in [7, 11) is 3.90. The normalized spacial score (nSPS) is 17.9. The van der Waals surface area contributed by atoms with Crippen molar-refractivity contribution in [3.8, 4) is 0 Å². The minimum atomic E-state index is -4.53. The fraction of sp³-hybridized carbons (Fsp3) is 0.571. The van der Waals surface area contributed by atoms with E-state index in [0.29, 0.717) is 19.1 Å². The molecule has 6 heteroatoms. The van der Waals surface area contributed by atoms with Gasteiger partial charge >= 0.3 is 6.18 Å². The van der Waals surface area contributed by atoms with Crippen LogP contribution in [0, 0.1) is 5.82 Å². The third-order valence-electron chi connectivity index (χ3n) is 3.80. The molecule has 0 aliphatic carbocycles. The van der Waals surface area contributed by atoms with Crippen molar-refractivity contribution in [2.24, 2.45) is 0 Å². The van der Waals surface area contributed by atoms with Crippen molar-refractivity contribution < 1.29 is 17.6 Å². The second kappa shape index (κ2) is 5.60. The fourth-order valence-electron chi connectivity index (χ4n) is 2.67. The predicted octanol–water partition coefficient (Wildman–Crippen LogP) is 3.37. The van der Waals surface area contributed by atoms with Gasteiger partial charge in [0.15, 0.2) is 0 Å². The van der Waals surface area contributed by atoms with Crippen molar-refractivity contribution in [3.63, 3.8) is 0 Å². The molecule has 20 heavy (non-hydrogen) atoms. The Morgan fingerprint density at radius 3 is 2.25 bits per heavy atom. The molecule has 1 fully saturated rings. The first-order valence-electron chi connectivity index (χ1n) is 6.58. The molecule has 2 rings (SSSR count). The van der Waals surface area contributed by atoms with Gasteiger partial charge in [0.1, 0.15) is 5.82 Å². The number of alkyl halides is 3. The van der Waals surface area contributed by atoms with E-state index in [0.717, 1.165) is 31.0 Å². The first-order valence-corrected chi connectivity index (χ1v) is 6.58. The lowest BCUT2D eigenvalue weighted by Gasteiger charge is -2.37. The number of halogens is 4. The van der Waals surface area contributed by atoms with Crippen LogP contribution >= 0.6 is 0 Å². The van der Waals surface area contributed by atoms with E-state index in [4.69, 9.17) is 0 Å². The lowest BCUT2D eigenvalue weighted by Crippen LogP contribution is -2.42. The standard InChI is InChI=1S/C14H18F4N2/c1-19(2)10-6-8-20(9-7-10)13-11(14(16,17)18)4-3-5-12(13)15/h3-5,10H,6-9H2,1-2H3. The molecule has 0 atom stereocenters. The van der Waals surface area contributed by atoms with Gasteiger partial charge in [-0.2, -0.15) is 13.2 Å². The lowest BCUT2D eigenvalue weighted by molar-refractivity contribution is -0.137. The summed E-state index contributed by atoms with van der Waals surface area (Å²) in [6.07, 6.45) is -3.06. The lowest BCUT2D eigenvalue weighted by atomic mass is 10.0. The van der Waals surface area contributed by atoms with Crippen molar-refractivity contribution in [1.82, 2.24) is 4.90 Å². The van der Waals surface area contributed by atoms with Gasteiger partial charge in [0.25, 0.3) is 0 Å². The zero-order valence-corrected chi connectivity index (χ0v) is 11.5. The molecule has 1 aliphatic heterocycles. The molecule has 1 saturated heterocycles. The Kier molecular flexibility index (Phi) is 4.22. The Morgan fingerprint density at radius 2 is 1.75 bits per heavy atom. The summed E-state index contributed by atoms with van der Waals surface area (Å²) in [4.78, 5) is 3.57. The van der Waals surface area contributed by atoms with E-state index >= 15 is 0 Å². The second-order valence-corrected chi connectivity index (χ2v) is 5.32. The van der Waals surface area contributed by atoms with Gasteiger partial charge in [0, 0.05) is 19.1 Å². The molecule has 1 heterocycles. The Morgan fingerprint density at radius 1 is 1.15 bits per heavy atom. The summed E-state index contributed by atoms with van der Waals surface area (Å²) in [6.45, 7) is 0.875. The molecular weight excluding hydrogens is 272 g/mol. The number of anilines is 1. The summed E-state index contributed by atoms with van der Waals surface area (Å²) >= 11 is 0. The molecule has 0 spiro atoms. The average molecular weight is 290 g/mol. The van der Waals surface area contributed by atoms with Crippen LogP contribution in [0.3, 0.4) is 0 Å². The van der Waals surface area contributed by atoms with Crippen molar-refractivity contribution in [2.45, 2.75) is 25.1 Å². The predicted molar refractivity (Wildman–Crippen MR) is 70.3 cm³/mol. The highest BCUT2D eigenvalue weighted by atomic mass is 19.4. The minimum absolute atomic E-state index is 0.308. The van der Waals surface area contributed by atoms with Crippen LogP contribution < -0.4 is 4.90 Å². The zero-order valence-electron chi connectivity index (χ0n) is 11.5. The monoisotopic (exact) mass is 290 g/mol. The molecule has 0 unspecified atom stereocenters. The van der Waals surface area contributed by atoms with Crippen LogP contribution in [-0.4, -0.2) is 38.1 Å². The minimum Gasteiger partial charge on any atom is -0.369 e. The first-order chi connectivity index (χ1) is 9.30. The molecule has 0 bridgehead atoms. The molecule has 0 N–H and O–H groups in total. The van der Waals surface area contributed by atoms with Gasteiger partial charge in [0.2, 0.25) is 0 Å². The average Bonchev–Trinajstić information content (AvgIpc) is 2.37. The quantitative estimate of drug-likeness (QED) is 0.771. The molecule has 1 aliphatic rings. The number of nitrogens with zero attached hydrogens (tertiary/aromatic N) is 2. The molecule has 1 aromatic rings. The molecule has 0 amide bonds. The molecule has 2 nitrogen and oxygen atoms in total. The van der Waals surface area contributed by atoms with Crippen molar-refractivity contribution in [1.29, 1.82) is 0 Å². The van der Waals surface area contributed by atoms with E-state index in [1.54, 1.807) is 0 Å². The van der Waals surface area contributed by atoms with Crippen molar-refractivity contribution in [3.05, 3.63) is 29.6 Å². The molecule has 112 valence electrons. The molecule has 0 aromatic heterocycles. The topological polar surface area (TPSA) is 6.48 Å². The van der Waals surface area contributed by atoms with E-state index < -0.39 is 17.6 Å². The Labute approximate surface area is 116 Å². The van der Waals surface area contributed by atoms with E-state index in [2.05, 4.69) is 4.90 Å². The maximum Gasteiger partial charge on any atom is 0.418 e. The fourth-order valence-corrected chi connectivity index (χ4v) is 2.67. The largest absolute Gasteiger partial charge is 0.418 e. The van der Waals surface area contributed by atoms with Gasteiger partial charge in [-0.15, -0.1) is 0 Å². The van der Waals surface area contributed by atoms with E-state index in [1.165, 1.54) is 4.90 Å².